The number of hydrogen-bond donors (Lipinski definition) is 2. The molecule has 0 saturated heterocycles. The van der Waals surface area contributed by atoms with E-state index in [9.17, 15) is 0 Å². The fraction of sp³-hybridized carbons (Fsp3) is 0.462. The van der Waals surface area contributed by atoms with Gasteiger partial charge < -0.3 is 15.6 Å². The fourth-order valence-corrected chi connectivity index (χ4v) is 1.40. The highest BCUT2D eigenvalue weighted by atomic mass is 16.5. The average Bonchev–Trinajstić information content (AvgIpc) is 2.31. The lowest BCUT2D eigenvalue weighted by Gasteiger charge is -2.16. The summed E-state index contributed by atoms with van der Waals surface area (Å²) >= 11 is 0. The van der Waals surface area contributed by atoms with Gasteiger partial charge in [-0.1, -0.05) is 18.2 Å². The van der Waals surface area contributed by atoms with Crippen LogP contribution < -0.4 is 10.5 Å². The first-order valence-corrected chi connectivity index (χ1v) is 5.61. The minimum Gasteiger partial charge on any atom is -0.493 e. The van der Waals surface area contributed by atoms with E-state index in [1.54, 1.807) is 6.92 Å². The maximum Gasteiger partial charge on any atom is 0.122 e. The van der Waals surface area contributed by atoms with Gasteiger partial charge in [0.15, 0.2) is 0 Å². The smallest absolute Gasteiger partial charge is 0.122 e. The van der Waals surface area contributed by atoms with Crippen LogP contribution in [0.1, 0.15) is 18.9 Å². The Labute approximate surface area is 102 Å². The molecule has 0 spiro atoms. The Hall–Kier alpha value is -1.57. The zero-order valence-corrected chi connectivity index (χ0v) is 10.0. The zero-order valence-electron chi connectivity index (χ0n) is 10.0. The molecule has 1 aromatic rings. The molecule has 0 saturated carbocycles. The number of nitrogens with two attached hydrogens (primary N) is 1. The Bertz CT molecular complexity index is 397. The Morgan fingerprint density at radius 3 is 2.82 bits per heavy atom. The minimum atomic E-state index is -0.855. The van der Waals surface area contributed by atoms with Crippen LogP contribution in [0.3, 0.4) is 0 Å². The van der Waals surface area contributed by atoms with Crippen molar-refractivity contribution in [3.8, 4) is 11.8 Å². The molecule has 17 heavy (non-hydrogen) atoms. The summed E-state index contributed by atoms with van der Waals surface area (Å²) in [7, 11) is 0. The van der Waals surface area contributed by atoms with Gasteiger partial charge in [0.2, 0.25) is 0 Å². The van der Waals surface area contributed by atoms with Crippen LogP contribution in [0.25, 0.3) is 0 Å². The Morgan fingerprint density at radius 2 is 2.18 bits per heavy atom. The predicted octanol–water partition coefficient (Wildman–Crippen LogP) is 1.23. The predicted molar refractivity (Wildman–Crippen MR) is 65.5 cm³/mol. The lowest BCUT2D eigenvalue weighted by molar-refractivity contribution is 0.274. The Kier molecular flexibility index (Phi) is 4.95. The highest BCUT2D eigenvalue weighted by molar-refractivity contribution is 5.33. The molecule has 0 aliphatic carbocycles. The second-order valence-corrected chi connectivity index (χ2v) is 4.21. The van der Waals surface area contributed by atoms with Crippen molar-refractivity contribution in [3.63, 3.8) is 0 Å². The van der Waals surface area contributed by atoms with Crippen LogP contribution in [0.2, 0.25) is 0 Å². The van der Waals surface area contributed by atoms with E-state index in [0.717, 1.165) is 11.3 Å². The summed E-state index contributed by atoms with van der Waals surface area (Å²) in [6, 6.07) is 9.57. The van der Waals surface area contributed by atoms with Crippen LogP contribution in [0, 0.1) is 11.3 Å². The van der Waals surface area contributed by atoms with Crippen LogP contribution in [-0.4, -0.2) is 23.9 Å². The molecule has 0 aliphatic heterocycles. The molecule has 0 aliphatic rings. The average molecular weight is 234 g/mol. The van der Waals surface area contributed by atoms with Crippen LogP contribution in [0.15, 0.2) is 24.3 Å². The number of rotatable bonds is 6. The summed E-state index contributed by atoms with van der Waals surface area (Å²) in [5, 5.41) is 17.7. The van der Waals surface area contributed by atoms with E-state index < -0.39 is 5.54 Å². The van der Waals surface area contributed by atoms with Gasteiger partial charge in [0, 0.05) is 13.0 Å². The molecule has 1 aromatic carbocycles. The standard InChI is InChI=1S/C13H18N2O2/c1-13(15,10-14)7-9-17-12-5-3-2-4-11(12)6-8-16/h2-5,16H,6-9,15H2,1H3. The molecule has 4 heteroatoms. The van der Waals surface area contributed by atoms with Gasteiger partial charge in [0.05, 0.1) is 12.7 Å². The highest BCUT2D eigenvalue weighted by Crippen LogP contribution is 2.19. The monoisotopic (exact) mass is 234 g/mol. The molecule has 0 heterocycles. The van der Waals surface area contributed by atoms with Gasteiger partial charge in [-0.25, -0.2) is 0 Å². The van der Waals surface area contributed by atoms with Crippen molar-refractivity contribution in [2.75, 3.05) is 13.2 Å². The maximum atomic E-state index is 8.92. The van der Waals surface area contributed by atoms with Crippen molar-refractivity contribution < 1.29 is 9.84 Å². The number of para-hydroxylation sites is 1. The summed E-state index contributed by atoms with van der Waals surface area (Å²) < 4.78 is 5.59. The van der Waals surface area contributed by atoms with Crippen LogP contribution >= 0.6 is 0 Å². The van der Waals surface area contributed by atoms with Gasteiger partial charge in [0.25, 0.3) is 0 Å². The summed E-state index contributed by atoms with van der Waals surface area (Å²) in [6.07, 6.45) is 1.03. The molecule has 92 valence electrons. The lowest BCUT2D eigenvalue weighted by Crippen LogP contribution is -2.35. The van der Waals surface area contributed by atoms with Crippen molar-refractivity contribution >= 4 is 0 Å². The van der Waals surface area contributed by atoms with Gasteiger partial charge in [-0.2, -0.15) is 5.26 Å². The molecule has 1 rings (SSSR count). The van der Waals surface area contributed by atoms with E-state index in [0.29, 0.717) is 19.4 Å². The van der Waals surface area contributed by atoms with E-state index in [-0.39, 0.29) is 6.61 Å². The van der Waals surface area contributed by atoms with Gasteiger partial charge in [-0.3, -0.25) is 0 Å². The third-order valence-corrected chi connectivity index (χ3v) is 2.49. The highest BCUT2D eigenvalue weighted by Gasteiger charge is 2.17. The second-order valence-electron chi connectivity index (χ2n) is 4.21. The van der Waals surface area contributed by atoms with Crippen molar-refractivity contribution in [3.05, 3.63) is 29.8 Å². The maximum absolute atomic E-state index is 8.92. The second kappa shape index (κ2) is 6.24. The van der Waals surface area contributed by atoms with Crippen LogP contribution in [0.5, 0.6) is 5.75 Å². The molecule has 1 unspecified atom stereocenters. The molecule has 0 bridgehead atoms. The SMILES string of the molecule is CC(N)(C#N)CCOc1ccccc1CCO. The van der Waals surface area contributed by atoms with E-state index in [2.05, 4.69) is 0 Å². The van der Waals surface area contributed by atoms with E-state index in [4.69, 9.17) is 20.8 Å². The van der Waals surface area contributed by atoms with Crippen molar-refractivity contribution in [1.82, 2.24) is 0 Å². The van der Waals surface area contributed by atoms with E-state index in [1.807, 2.05) is 30.3 Å². The normalized spacial score (nSPS) is 13.8. The molecule has 1 atom stereocenters. The molecular formula is C13H18N2O2. The molecule has 0 amide bonds. The largest absolute Gasteiger partial charge is 0.493 e. The Morgan fingerprint density at radius 1 is 1.47 bits per heavy atom. The molecular weight excluding hydrogens is 216 g/mol. The number of nitriles is 1. The molecule has 0 aromatic heterocycles. The van der Waals surface area contributed by atoms with Crippen molar-refractivity contribution in [1.29, 1.82) is 5.26 Å². The van der Waals surface area contributed by atoms with Crippen molar-refractivity contribution in [2.24, 2.45) is 5.73 Å². The van der Waals surface area contributed by atoms with Gasteiger partial charge >= 0.3 is 0 Å². The van der Waals surface area contributed by atoms with Gasteiger partial charge in [-0.15, -0.1) is 0 Å². The van der Waals surface area contributed by atoms with Gasteiger partial charge in [-0.05, 0) is 25.0 Å². The molecule has 4 nitrogen and oxygen atoms in total. The number of aliphatic hydroxyl groups is 1. The zero-order chi connectivity index (χ0) is 12.7. The molecule has 3 N–H and O–H groups in total. The first-order chi connectivity index (χ1) is 8.09. The van der Waals surface area contributed by atoms with Crippen LogP contribution in [-0.2, 0) is 6.42 Å². The lowest BCUT2D eigenvalue weighted by atomic mass is 10.0. The minimum absolute atomic E-state index is 0.0904. The van der Waals surface area contributed by atoms with E-state index >= 15 is 0 Å². The number of ether oxygens (including phenoxy) is 1. The third-order valence-electron chi connectivity index (χ3n) is 2.49. The van der Waals surface area contributed by atoms with E-state index in [1.165, 1.54) is 0 Å². The number of nitrogens with zero attached hydrogens (tertiary/aromatic N) is 1. The van der Waals surface area contributed by atoms with Crippen LogP contribution in [0.4, 0.5) is 0 Å². The van der Waals surface area contributed by atoms with Crippen molar-refractivity contribution in [2.45, 2.75) is 25.3 Å². The topological polar surface area (TPSA) is 79.3 Å². The molecule has 0 fully saturated rings. The molecule has 0 radical (unpaired) electrons. The number of benzene rings is 1. The first-order valence-electron chi connectivity index (χ1n) is 5.61. The number of aliphatic hydroxyl groups excluding tert-OH is 1. The fourth-order valence-electron chi connectivity index (χ4n) is 1.40. The summed E-state index contributed by atoms with van der Waals surface area (Å²) in [4.78, 5) is 0. The first kappa shape index (κ1) is 13.5. The number of hydrogen-bond acceptors (Lipinski definition) is 4. The summed E-state index contributed by atoms with van der Waals surface area (Å²) in [5.41, 5.74) is 5.80. The summed E-state index contributed by atoms with van der Waals surface area (Å²) in [5.74, 6) is 0.746. The quantitative estimate of drug-likeness (QED) is 0.776. The third kappa shape index (κ3) is 4.43. The van der Waals surface area contributed by atoms with Gasteiger partial charge in [0.1, 0.15) is 11.3 Å². The Balaban J connectivity index is 2.55. The summed E-state index contributed by atoms with van der Waals surface area (Å²) in [6.45, 7) is 2.16.